The molecule has 0 fully saturated rings. The summed E-state index contributed by atoms with van der Waals surface area (Å²) in [5, 5.41) is 11.6. The highest BCUT2D eigenvalue weighted by Crippen LogP contribution is 2.08. The van der Waals surface area contributed by atoms with E-state index in [0.29, 0.717) is 11.1 Å². The van der Waals surface area contributed by atoms with Crippen molar-refractivity contribution in [3.8, 4) is 0 Å². The molecule has 0 heterocycles. The largest absolute Gasteiger partial charge is 0.480 e. The summed E-state index contributed by atoms with van der Waals surface area (Å²) in [5.41, 5.74) is 1.04. The molecule has 1 atom stereocenters. The van der Waals surface area contributed by atoms with E-state index in [1.807, 2.05) is 0 Å². The number of carboxylic acids is 1. The van der Waals surface area contributed by atoms with Gasteiger partial charge in [0, 0.05) is 6.42 Å². The lowest BCUT2D eigenvalue weighted by Crippen LogP contribution is -2.43. The molecule has 0 radical (unpaired) electrons. The third-order valence-electron chi connectivity index (χ3n) is 3.24. The Bertz CT molecular complexity index is 701. The van der Waals surface area contributed by atoms with Crippen LogP contribution in [0.4, 0.5) is 8.78 Å². The Balaban J connectivity index is 1.99. The molecule has 0 saturated carbocycles. The molecule has 0 aliphatic carbocycles. The van der Waals surface area contributed by atoms with Crippen molar-refractivity contribution < 1.29 is 23.5 Å². The second-order valence-corrected chi connectivity index (χ2v) is 5.10. The number of carbonyl (C=O) groups excluding carboxylic acids is 1. The van der Waals surface area contributed by atoms with Crippen LogP contribution in [0.5, 0.6) is 0 Å². The second kappa shape index (κ2) is 7.49. The van der Waals surface area contributed by atoms with Gasteiger partial charge in [0.25, 0.3) is 0 Å². The fraction of sp³-hybridized carbons (Fsp3) is 0.176. The molecule has 0 aliphatic heterocycles. The minimum Gasteiger partial charge on any atom is -0.480 e. The van der Waals surface area contributed by atoms with Gasteiger partial charge in [-0.05, 0) is 35.4 Å². The predicted molar refractivity (Wildman–Crippen MR) is 79.8 cm³/mol. The Kier molecular flexibility index (Phi) is 5.41. The number of benzene rings is 2. The van der Waals surface area contributed by atoms with Crippen LogP contribution >= 0.6 is 0 Å². The molecule has 0 aromatic heterocycles. The summed E-state index contributed by atoms with van der Waals surface area (Å²) in [6.07, 6.45) is -0.0878. The molecule has 0 unspecified atom stereocenters. The van der Waals surface area contributed by atoms with Crippen molar-refractivity contribution in [2.75, 3.05) is 0 Å². The summed E-state index contributed by atoms with van der Waals surface area (Å²) in [5.74, 6) is -2.60. The third kappa shape index (κ3) is 5.18. The van der Waals surface area contributed by atoms with Crippen LogP contribution in [-0.4, -0.2) is 23.0 Å². The van der Waals surface area contributed by atoms with E-state index in [1.165, 1.54) is 42.5 Å². The molecule has 2 N–H and O–H groups in total. The number of halogens is 2. The van der Waals surface area contributed by atoms with Crippen LogP contribution in [0.15, 0.2) is 48.5 Å². The van der Waals surface area contributed by atoms with E-state index in [2.05, 4.69) is 5.32 Å². The quantitative estimate of drug-likeness (QED) is 0.859. The maximum Gasteiger partial charge on any atom is 0.326 e. The van der Waals surface area contributed by atoms with Crippen LogP contribution in [0, 0.1) is 11.6 Å². The molecule has 1 amide bonds. The smallest absolute Gasteiger partial charge is 0.326 e. The van der Waals surface area contributed by atoms with Crippen molar-refractivity contribution in [1.29, 1.82) is 0 Å². The van der Waals surface area contributed by atoms with Crippen LogP contribution in [0.3, 0.4) is 0 Å². The molecule has 0 bridgehead atoms. The first-order valence-electron chi connectivity index (χ1n) is 6.95. The highest BCUT2D eigenvalue weighted by molar-refractivity contribution is 5.85. The van der Waals surface area contributed by atoms with Gasteiger partial charge in [-0.15, -0.1) is 0 Å². The highest BCUT2D eigenvalue weighted by atomic mass is 19.1. The van der Waals surface area contributed by atoms with E-state index in [-0.39, 0.29) is 12.8 Å². The Morgan fingerprint density at radius 3 is 2.30 bits per heavy atom. The zero-order valence-electron chi connectivity index (χ0n) is 12.1. The van der Waals surface area contributed by atoms with Crippen molar-refractivity contribution in [3.63, 3.8) is 0 Å². The molecule has 2 rings (SSSR count). The van der Waals surface area contributed by atoms with Crippen LogP contribution in [0.1, 0.15) is 11.1 Å². The standard InChI is InChI=1S/C17H15F2NO3/c18-13-6-4-11(5-7-13)9-15(17(22)23)20-16(21)10-12-2-1-3-14(19)8-12/h1-8,15H,9-10H2,(H,20,21)(H,22,23)/t15-/m0/s1. The highest BCUT2D eigenvalue weighted by Gasteiger charge is 2.20. The molecule has 6 heteroatoms. The molecule has 4 nitrogen and oxygen atoms in total. The summed E-state index contributed by atoms with van der Waals surface area (Å²) in [7, 11) is 0. The predicted octanol–water partition coefficient (Wildman–Crippen LogP) is 2.32. The Hall–Kier alpha value is -2.76. The van der Waals surface area contributed by atoms with E-state index in [4.69, 9.17) is 0 Å². The van der Waals surface area contributed by atoms with Gasteiger partial charge in [0.2, 0.25) is 5.91 Å². The Morgan fingerprint density at radius 2 is 1.70 bits per heavy atom. The number of amides is 1. The van der Waals surface area contributed by atoms with E-state index in [1.54, 1.807) is 6.07 Å². The number of hydrogen-bond donors (Lipinski definition) is 2. The molecular formula is C17H15F2NO3. The number of carbonyl (C=O) groups is 2. The SMILES string of the molecule is O=C(Cc1cccc(F)c1)N[C@@H](Cc1ccc(F)cc1)C(=O)O. The molecule has 0 saturated heterocycles. The molecule has 2 aromatic carbocycles. The monoisotopic (exact) mass is 319 g/mol. The van der Waals surface area contributed by atoms with Gasteiger partial charge in [0.1, 0.15) is 17.7 Å². The van der Waals surface area contributed by atoms with E-state index in [0.717, 1.165) is 0 Å². The van der Waals surface area contributed by atoms with Gasteiger partial charge in [0.05, 0.1) is 6.42 Å². The van der Waals surface area contributed by atoms with Crippen molar-refractivity contribution >= 4 is 11.9 Å². The molecule has 0 spiro atoms. The van der Waals surface area contributed by atoms with Gasteiger partial charge < -0.3 is 10.4 Å². The molecular weight excluding hydrogens is 304 g/mol. The molecule has 2 aromatic rings. The van der Waals surface area contributed by atoms with E-state index in [9.17, 15) is 23.5 Å². The number of carboxylic acid groups (broad SMARTS) is 1. The zero-order chi connectivity index (χ0) is 16.8. The number of rotatable bonds is 6. The van der Waals surface area contributed by atoms with Crippen LogP contribution in [0.2, 0.25) is 0 Å². The topological polar surface area (TPSA) is 66.4 Å². The van der Waals surface area contributed by atoms with Gasteiger partial charge in [-0.25, -0.2) is 13.6 Å². The van der Waals surface area contributed by atoms with Crippen molar-refractivity contribution in [2.24, 2.45) is 0 Å². The maximum atomic E-state index is 13.1. The first-order chi connectivity index (χ1) is 10.9. The van der Waals surface area contributed by atoms with Gasteiger partial charge in [0.15, 0.2) is 0 Å². The summed E-state index contributed by atoms with van der Waals surface area (Å²) >= 11 is 0. The maximum absolute atomic E-state index is 13.1. The van der Waals surface area contributed by atoms with Crippen LogP contribution in [0.25, 0.3) is 0 Å². The first-order valence-corrected chi connectivity index (χ1v) is 6.95. The fourth-order valence-corrected chi connectivity index (χ4v) is 2.13. The van der Waals surface area contributed by atoms with Gasteiger partial charge in [-0.1, -0.05) is 24.3 Å². The average Bonchev–Trinajstić information content (AvgIpc) is 2.48. The molecule has 120 valence electrons. The lowest BCUT2D eigenvalue weighted by Gasteiger charge is -2.14. The Labute approximate surface area is 131 Å². The average molecular weight is 319 g/mol. The lowest BCUT2D eigenvalue weighted by molar-refractivity contribution is -0.141. The molecule has 23 heavy (non-hydrogen) atoms. The van der Waals surface area contributed by atoms with E-state index >= 15 is 0 Å². The lowest BCUT2D eigenvalue weighted by atomic mass is 10.1. The zero-order valence-corrected chi connectivity index (χ0v) is 12.1. The minimum atomic E-state index is -1.19. The Morgan fingerprint density at radius 1 is 1.00 bits per heavy atom. The number of nitrogens with one attached hydrogen (secondary N) is 1. The normalized spacial score (nSPS) is 11.7. The van der Waals surface area contributed by atoms with Gasteiger partial charge in [-0.3, -0.25) is 4.79 Å². The summed E-state index contributed by atoms with van der Waals surface area (Å²) in [6, 6.07) is 9.77. The molecule has 0 aliphatic rings. The van der Waals surface area contributed by atoms with Crippen molar-refractivity contribution in [1.82, 2.24) is 5.32 Å². The second-order valence-electron chi connectivity index (χ2n) is 5.10. The van der Waals surface area contributed by atoms with Gasteiger partial charge >= 0.3 is 5.97 Å². The van der Waals surface area contributed by atoms with Crippen LogP contribution in [-0.2, 0) is 22.4 Å². The van der Waals surface area contributed by atoms with Crippen molar-refractivity contribution in [2.45, 2.75) is 18.9 Å². The van der Waals surface area contributed by atoms with Gasteiger partial charge in [-0.2, -0.15) is 0 Å². The van der Waals surface area contributed by atoms with Crippen molar-refractivity contribution in [3.05, 3.63) is 71.3 Å². The third-order valence-corrected chi connectivity index (χ3v) is 3.24. The fourth-order valence-electron chi connectivity index (χ4n) is 2.13. The minimum absolute atomic E-state index is 0.0322. The summed E-state index contributed by atoms with van der Waals surface area (Å²) in [6.45, 7) is 0. The number of aliphatic carboxylic acids is 1. The first kappa shape index (κ1) is 16.6. The van der Waals surface area contributed by atoms with E-state index < -0.39 is 29.6 Å². The number of hydrogen-bond acceptors (Lipinski definition) is 2. The van der Waals surface area contributed by atoms with Crippen LogP contribution < -0.4 is 5.32 Å². The summed E-state index contributed by atoms with van der Waals surface area (Å²) in [4.78, 5) is 23.2. The summed E-state index contributed by atoms with van der Waals surface area (Å²) < 4.78 is 25.9.